The van der Waals surface area contributed by atoms with Crippen LogP contribution in [0.4, 0.5) is 0 Å². The first kappa shape index (κ1) is 12.0. The molecule has 0 spiro atoms. The number of esters is 1. The molecule has 0 atom stereocenters. The minimum absolute atomic E-state index is 0.197. The maximum atomic E-state index is 10.8. The van der Waals surface area contributed by atoms with Crippen LogP contribution < -0.4 is 0 Å². The largest absolute Gasteiger partial charge is 0.459 e. The van der Waals surface area contributed by atoms with Crippen molar-refractivity contribution < 1.29 is 14.3 Å². The second-order valence-electron chi connectivity index (χ2n) is 2.18. The van der Waals surface area contributed by atoms with Crippen LogP contribution in [0.1, 0.15) is 6.92 Å². The Hall–Kier alpha value is -0.950. The molecular weight excluding hydrogens is 236 g/mol. The van der Waals surface area contributed by atoms with E-state index in [0.29, 0.717) is 10.9 Å². The number of hydrogen-bond acceptors (Lipinski definition) is 3. The Morgan fingerprint density at radius 3 is 2.77 bits per heavy atom. The summed E-state index contributed by atoms with van der Waals surface area (Å²) in [5.41, 5.74) is 0.381. The van der Waals surface area contributed by atoms with Gasteiger partial charge in [0.1, 0.15) is 19.3 Å². The zero-order valence-electron chi connectivity index (χ0n) is 7.43. The minimum atomic E-state index is -0.406. The molecule has 3 nitrogen and oxygen atoms in total. The fraction of sp³-hybridized carbons (Fsp3) is 0.444. The monoisotopic (exact) mass is 246 g/mol. The molecule has 0 bridgehead atoms. The molecule has 0 heterocycles. The molecule has 0 radical (unpaired) electrons. The summed E-state index contributed by atoms with van der Waals surface area (Å²) >= 11 is 3.11. The molecule has 0 aliphatic heterocycles. The highest BCUT2D eigenvalue weighted by atomic mass is 79.9. The summed E-state index contributed by atoms with van der Waals surface area (Å²) in [5, 5.41) is 0.568. The van der Waals surface area contributed by atoms with Gasteiger partial charge in [-0.05, 0) is 12.8 Å². The van der Waals surface area contributed by atoms with E-state index in [9.17, 15) is 4.79 Å². The first-order valence-corrected chi connectivity index (χ1v) is 4.79. The molecule has 13 heavy (non-hydrogen) atoms. The van der Waals surface area contributed by atoms with Gasteiger partial charge in [0.2, 0.25) is 0 Å². The van der Waals surface area contributed by atoms with Crippen molar-refractivity contribution in [2.24, 2.45) is 0 Å². The van der Waals surface area contributed by atoms with Crippen LogP contribution in [-0.2, 0) is 14.3 Å². The van der Waals surface area contributed by atoms with Crippen LogP contribution in [0.25, 0.3) is 0 Å². The lowest BCUT2D eigenvalue weighted by Gasteiger charge is -2.01. The molecule has 0 aliphatic rings. The average molecular weight is 247 g/mol. The van der Waals surface area contributed by atoms with Crippen molar-refractivity contribution in [3.05, 3.63) is 12.2 Å². The Balaban J connectivity index is 3.36. The molecule has 72 valence electrons. The Bertz CT molecular complexity index is 237. The van der Waals surface area contributed by atoms with Gasteiger partial charge in [-0.25, -0.2) is 4.79 Å². The van der Waals surface area contributed by atoms with Crippen molar-refractivity contribution in [2.75, 3.05) is 18.5 Å². The Morgan fingerprint density at radius 2 is 2.23 bits per heavy atom. The third-order valence-corrected chi connectivity index (χ3v) is 1.26. The molecule has 0 aromatic carbocycles. The van der Waals surface area contributed by atoms with E-state index in [4.69, 9.17) is 9.47 Å². The SMILES string of the molecule is C=C(C)C(=O)OCCOC#CCBr. The summed E-state index contributed by atoms with van der Waals surface area (Å²) in [5.74, 6) is 2.24. The molecule has 0 aliphatic carbocycles. The second-order valence-corrected chi connectivity index (χ2v) is 2.74. The smallest absolute Gasteiger partial charge is 0.333 e. The van der Waals surface area contributed by atoms with Gasteiger partial charge in [0.05, 0.1) is 5.33 Å². The zero-order chi connectivity index (χ0) is 10.1. The third kappa shape index (κ3) is 7.41. The van der Waals surface area contributed by atoms with Gasteiger partial charge in [0, 0.05) is 5.57 Å². The van der Waals surface area contributed by atoms with E-state index in [1.807, 2.05) is 0 Å². The van der Waals surface area contributed by atoms with Gasteiger partial charge in [-0.3, -0.25) is 0 Å². The van der Waals surface area contributed by atoms with Gasteiger partial charge in [0.25, 0.3) is 0 Å². The van der Waals surface area contributed by atoms with Gasteiger partial charge < -0.3 is 9.47 Å². The summed E-state index contributed by atoms with van der Waals surface area (Å²) in [7, 11) is 0. The van der Waals surface area contributed by atoms with Crippen LogP contribution >= 0.6 is 15.9 Å². The van der Waals surface area contributed by atoms with Gasteiger partial charge in [-0.2, -0.15) is 0 Å². The lowest BCUT2D eigenvalue weighted by molar-refractivity contribution is -0.139. The third-order valence-electron chi connectivity index (χ3n) is 0.978. The molecule has 4 heteroatoms. The average Bonchev–Trinajstić information content (AvgIpc) is 2.10. The first-order valence-electron chi connectivity index (χ1n) is 3.66. The van der Waals surface area contributed by atoms with Crippen molar-refractivity contribution >= 4 is 21.9 Å². The van der Waals surface area contributed by atoms with Crippen LogP contribution in [0.3, 0.4) is 0 Å². The summed E-state index contributed by atoms with van der Waals surface area (Å²) in [6, 6.07) is 0. The maximum Gasteiger partial charge on any atom is 0.333 e. The summed E-state index contributed by atoms with van der Waals surface area (Å²) in [6.45, 7) is 5.50. The van der Waals surface area contributed by atoms with E-state index >= 15 is 0 Å². The van der Waals surface area contributed by atoms with Crippen LogP contribution in [0.15, 0.2) is 12.2 Å². The van der Waals surface area contributed by atoms with E-state index < -0.39 is 5.97 Å². The molecule has 0 unspecified atom stereocenters. The molecule has 0 fully saturated rings. The fourth-order valence-corrected chi connectivity index (χ4v) is 0.543. The standard InChI is InChI=1S/C9H11BrO3/c1-8(2)9(11)13-7-6-12-5-3-4-10/h1,4,6-7H2,2H3. The number of rotatable bonds is 4. The number of carbonyl (C=O) groups excluding carboxylic acids is 1. The number of hydrogen-bond donors (Lipinski definition) is 0. The topological polar surface area (TPSA) is 35.5 Å². The highest BCUT2D eigenvalue weighted by Crippen LogP contribution is 1.91. The predicted octanol–water partition coefficient (Wildman–Crippen LogP) is 1.48. The lowest BCUT2D eigenvalue weighted by atomic mass is 10.4. The van der Waals surface area contributed by atoms with Crippen LogP contribution in [0.2, 0.25) is 0 Å². The van der Waals surface area contributed by atoms with Crippen molar-refractivity contribution in [1.82, 2.24) is 0 Å². The highest BCUT2D eigenvalue weighted by Gasteiger charge is 2.01. The van der Waals surface area contributed by atoms with E-state index in [-0.39, 0.29) is 13.2 Å². The minimum Gasteiger partial charge on any atom is -0.459 e. The molecule has 0 N–H and O–H groups in total. The van der Waals surface area contributed by atoms with Crippen LogP contribution in [0, 0.1) is 12.0 Å². The number of halogens is 1. The van der Waals surface area contributed by atoms with Crippen molar-refractivity contribution in [2.45, 2.75) is 6.92 Å². The van der Waals surface area contributed by atoms with Crippen molar-refractivity contribution in [3.63, 3.8) is 0 Å². The number of alkyl halides is 1. The number of ether oxygens (including phenoxy) is 2. The Morgan fingerprint density at radius 1 is 1.54 bits per heavy atom. The van der Waals surface area contributed by atoms with E-state index in [2.05, 4.69) is 34.5 Å². The maximum absolute atomic E-state index is 10.8. The molecule has 0 saturated carbocycles. The molecule has 0 saturated heterocycles. The predicted molar refractivity (Wildman–Crippen MR) is 53.3 cm³/mol. The van der Waals surface area contributed by atoms with Crippen molar-refractivity contribution in [3.8, 4) is 12.0 Å². The highest BCUT2D eigenvalue weighted by molar-refractivity contribution is 9.09. The number of carbonyl (C=O) groups is 1. The van der Waals surface area contributed by atoms with Crippen LogP contribution in [0.5, 0.6) is 0 Å². The van der Waals surface area contributed by atoms with Gasteiger partial charge in [0.15, 0.2) is 0 Å². The van der Waals surface area contributed by atoms with Crippen LogP contribution in [-0.4, -0.2) is 24.5 Å². The van der Waals surface area contributed by atoms with E-state index in [1.54, 1.807) is 6.92 Å². The molecule has 0 aromatic heterocycles. The van der Waals surface area contributed by atoms with Gasteiger partial charge in [-0.1, -0.05) is 22.5 Å². The molecule has 0 amide bonds. The van der Waals surface area contributed by atoms with Gasteiger partial charge in [-0.15, -0.1) is 0 Å². The first-order chi connectivity index (χ1) is 6.18. The second kappa shape index (κ2) is 7.69. The Labute approximate surface area is 86.2 Å². The van der Waals surface area contributed by atoms with Crippen molar-refractivity contribution in [1.29, 1.82) is 0 Å². The quantitative estimate of drug-likeness (QED) is 0.248. The Kier molecular flexibility index (Phi) is 7.12. The van der Waals surface area contributed by atoms with Gasteiger partial charge >= 0.3 is 5.97 Å². The normalized spacial score (nSPS) is 8.15. The lowest BCUT2D eigenvalue weighted by Crippen LogP contribution is -2.09. The zero-order valence-corrected chi connectivity index (χ0v) is 9.02. The molecule has 0 aromatic rings. The summed E-state index contributed by atoms with van der Waals surface area (Å²) in [6.07, 6.45) is 2.43. The summed E-state index contributed by atoms with van der Waals surface area (Å²) in [4.78, 5) is 10.8. The van der Waals surface area contributed by atoms with E-state index in [0.717, 1.165) is 0 Å². The summed E-state index contributed by atoms with van der Waals surface area (Å²) < 4.78 is 9.55. The molecule has 0 rings (SSSR count). The van der Waals surface area contributed by atoms with E-state index in [1.165, 1.54) is 0 Å². The molecular formula is C9H11BrO3. The fourth-order valence-electron chi connectivity index (χ4n) is 0.429.